The van der Waals surface area contributed by atoms with Crippen molar-refractivity contribution in [1.29, 1.82) is 0 Å². The molecule has 120 valence electrons. The fourth-order valence-electron chi connectivity index (χ4n) is 2.12. The zero-order chi connectivity index (χ0) is 16.6. The van der Waals surface area contributed by atoms with Gasteiger partial charge in [0.25, 0.3) is 5.91 Å². The fourth-order valence-corrected chi connectivity index (χ4v) is 3.65. The molecule has 23 heavy (non-hydrogen) atoms. The Balaban J connectivity index is 1.85. The molecular formula is C15H13ClFN3O2S. The summed E-state index contributed by atoms with van der Waals surface area (Å²) in [6, 6.07) is 4.27. The van der Waals surface area contributed by atoms with E-state index >= 15 is 0 Å². The van der Waals surface area contributed by atoms with Gasteiger partial charge in [0.05, 0.1) is 5.02 Å². The van der Waals surface area contributed by atoms with Gasteiger partial charge in [-0.2, -0.15) is 4.98 Å². The second-order valence-electron chi connectivity index (χ2n) is 5.00. The van der Waals surface area contributed by atoms with E-state index in [1.165, 1.54) is 17.0 Å². The van der Waals surface area contributed by atoms with Crippen molar-refractivity contribution in [2.75, 3.05) is 7.05 Å². The number of carbonyl (C=O) groups is 1. The summed E-state index contributed by atoms with van der Waals surface area (Å²) < 4.78 is 19.0. The van der Waals surface area contributed by atoms with Crippen LogP contribution in [0.15, 0.2) is 22.7 Å². The number of fused-ring (bicyclic) bond motifs is 1. The van der Waals surface area contributed by atoms with E-state index in [0.29, 0.717) is 38.1 Å². The summed E-state index contributed by atoms with van der Waals surface area (Å²) in [6.07, 6.45) is 0.662. The molecule has 0 aliphatic carbocycles. The lowest BCUT2D eigenvalue weighted by molar-refractivity contribution is 0.0774. The zero-order valence-corrected chi connectivity index (χ0v) is 14.0. The van der Waals surface area contributed by atoms with E-state index in [1.54, 1.807) is 13.1 Å². The summed E-state index contributed by atoms with van der Waals surface area (Å²) in [6.45, 7) is 2.10. The molecule has 0 aliphatic rings. The number of hydrogen-bond acceptors (Lipinski definition) is 5. The molecule has 0 atom stereocenters. The Morgan fingerprint density at radius 2 is 2.26 bits per heavy atom. The van der Waals surface area contributed by atoms with E-state index in [-0.39, 0.29) is 18.3 Å². The molecule has 0 saturated heterocycles. The molecule has 1 amide bonds. The van der Waals surface area contributed by atoms with Crippen LogP contribution in [0, 0.1) is 5.82 Å². The number of hydrogen-bond donors (Lipinski definition) is 0. The van der Waals surface area contributed by atoms with Gasteiger partial charge in [0.1, 0.15) is 17.2 Å². The number of rotatable bonds is 4. The van der Waals surface area contributed by atoms with Crippen molar-refractivity contribution >= 4 is 38.9 Å². The maximum atomic E-state index is 13.3. The molecule has 0 aliphatic heterocycles. The smallest absolute Gasteiger partial charge is 0.265 e. The molecule has 0 saturated carbocycles. The molecule has 0 N–H and O–H groups in total. The third-order valence-electron chi connectivity index (χ3n) is 3.33. The Hall–Kier alpha value is -1.99. The van der Waals surface area contributed by atoms with Gasteiger partial charge in [-0.05, 0) is 18.2 Å². The molecule has 8 heteroatoms. The maximum absolute atomic E-state index is 13.3. The first-order valence-corrected chi connectivity index (χ1v) is 8.13. The van der Waals surface area contributed by atoms with Gasteiger partial charge in [0, 0.05) is 23.6 Å². The van der Waals surface area contributed by atoms with Gasteiger partial charge in [-0.1, -0.05) is 23.7 Å². The van der Waals surface area contributed by atoms with Crippen molar-refractivity contribution in [2.45, 2.75) is 19.9 Å². The third-order valence-corrected chi connectivity index (χ3v) is 4.98. The summed E-state index contributed by atoms with van der Waals surface area (Å²) in [5.41, 5.74) is 0. The van der Waals surface area contributed by atoms with E-state index in [1.807, 2.05) is 6.92 Å². The maximum Gasteiger partial charge on any atom is 0.265 e. The second-order valence-corrected chi connectivity index (χ2v) is 6.43. The first kappa shape index (κ1) is 15.9. The van der Waals surface area contributed by atoms with Crippen molar-refractivity contribution < 1.29 is 13.7 Å². The molecule has 0 bridgehead atoms. The quantitative estimate of drug-likeness (QED) is 0.713. The minimum atomic E-state index is -0.360. The Morgan fingerprint density at radius 1 is 1.48 bits per heavy atom. The van der Waals surface area contributed by atoms with Crippen LogP contribution in [0.5, 0.6) is 0 Å². The largest absolute Gasteiger partial charge is 0.337 e. The lowest BCUT2D eigenvalue weighted by atomic mass is 10.2. The molecule has 0 fully saturated rings. The number of halogens is 2. The number of aromatic nitrogens is 2. The fraction of sp³-hybridized carbons (Fsp3) is 0.267. The van der Waals surface area contributed by atoms with Crippen LogP contribution in [0.4, 0.5) is 4.39 Å². The van der Waals surface area contributed by atoms with Gasteiger partial charge in [-0.15, -0.1) is 11.3 Å². The van der Waals surface area contributed by atoms with Crippen LogP contribution in [-0.2, 0) is 13.0 Å². The normalized spacial score (nSPS) is 11.1. The standard InChI is InChI=1S/C15H13ClFN3O2S/c1-3-11-18-12(22-19-11)7-20(2)15(21)14-13(16)9-5-4-8(17)6-10(9)23-14/h4-6H,3,7H2,1-2H3. The molecule has 0 unspecified atom stereocenters. The zero-order valence-electron chi connectivity index (χ0n) is 12.5. The first-order chi connectivity index (χ1) is 11.0. The molecule has 5 nitrogen and oxygen atoms in total. The molecule has 2 heterocycles. The summed E-state index contributed by atoms with van der Waals surface area (Å²) in [5.74, 6) is 0.325. The molecule has 1 aromatic carbocycles. The Morgan fingerprint density at radius 3 is 2.96 bits per heavy atom. The number of aryl methyl sites for hydroxylation is 1. The topological polar surface area (TPSA) is 59.2 Å². The highest BCUT2D eigenvalue weighted by atomic mass is 35.5. The van der Waals surface area contributed by atoms with E-state index in [2.05, 4.69) is 10.1 Å². The van der Waals surface area contributed by atoms with Crippen LogP contribution >= 0.6 is 22.9 Å². The highest BCUT2D eigenvalue weighted by Crippen LogP contribution is 2.36. The van der Waals surface area contributed by atoms with Crippen LogP contribution in [0.25, 0.3) is 10.1 Å². The van der Waals surface area contributed by atoms with E-state index < -0.39 is 0 Å². The van der Waals surface area contributed by atoms with Crippen molar-refractivity contribution in [2.24, 2.45) is 0 Å². The van der Waals surface area contributed by atoms with Crippen LogP contribution < -0.4 is 0 Å². The van der Waals surface area contributed by atoms with Gasteiger partial charge in [-0.25, -0.2) is 4.39 Å². The molecule has 0 spiro atoms. The summed E-state index contributed by atoms with van der Waals surface area (Å²) in [5, 5.41) is 4.79. The number of thiophene rings is 1. The highest BCUT2D eigenvalue weighted by molar-refractivity contribution is 7.21. The first-order valence-electron chi connectivity index (χ1n) is 6.94. The predicted octanol–water partition coefficient (Wildman–Crippen LogP) is 3.91. The van der Waals surface area contributed by atoms with Crippen molar-refractivity contribution in [3.8, 4) is 0 Å². The number of amides is 1. The molecular weight excluding hydrogens is 341 g/mol. The Bertz CT molecular complexity index is 877. The molecule has 2 aromatic heterocycles. The predicted molar refractivity (Wildman–Crippen MR) is 86.3 cm³/mol. The van der Waals surface area contributed by atoms with Gasteiger partial charge in [0.15, 0.2) is 5.82 Å². The average Bonchev–Trinajstić information content (AvgIpc) is 3.11. The van der Waals surface area contributed by atoms with Crippen LogP contribution in [0.3, 0.4) is 0 Å². The Kier molecular flexibility index (Phi) is 4.32. The molecule has 3 rings (SSSR count). The van der Waals surface area contributed by atoms with Crippen molar-refractivity contribution in [1.82, 2.24) is 15.0 Å². The lowest BCUT2D eigenvalue weighted by Gasteiger charge is -2.13. The van der Waals surface area contributed by atoms with E-state index in [9.17, 15) is 9.18 Å². The van der Waals surface area contributed by atoms with Crippen molar-refractivity contribution in [3.05, 3.63) is 45.6 Å². The minimum Gasteiger partial charge on any atom is -0.337 e. The van der Waals surface area contributed by atoms with Gasteiger partial charge < -0.3 is 9.42 Å². The van der Waals surface area contributed by atoms with E-state index in [4.69, 9.17) is 16.1 Å². The number of carbonyl (C=O) groups excluding carboxylic acids is 1. The van der Waals surface area contributed by atoms with Crippen LogP contribution in [0.2, 0.25) is 5.02 Å². The van der Waals surface area contributed by atoms with Crippen molar-refractivity contribution in [3.63, 3.8) is 0 Å². The highest BCUT2D eigenvalue weighted by Gasteiger charge is 2.22. The lowest BCUT2D eigenvalue weighted by Crippen LogP contribution is -2.25. The van der Waals surface area contributed by atoms with E-state index in [0.717, 1.165) is 11.3 Å². The van der Waals surface area contributed by atoms with Gasteiger partial charge >= 0.3 is 0 Å². The third kappa shape index (κ3) is 3.07. The second kappa shape index (κ2) is 6.25. The minimum absolute atomic E-state index is 0.185. The average molecular weight is 354 g/mol. The molecule has 0 radical (unpaired) electrons. The van der Waals surface area contributed by atoms with Crippen LogP contribution in [0.1, 0.15) is 28.3 Å². The summed E-state index contributed by atoms with van der Waals surface area (Å²) in [7, 11) is 1.62. The molecule has 3 aromatic rings. The van der Waals surface area contributed by atoms with Gasteiger partial charge in [-0.3, -0.25) is 4.79 Å². The number of benzene rings is 1. The van der Waals surface area contributed by atoms with Crippen LogP contribution in [-0.4, -0.2) is 28.0 Å². The summed E-state index contributed by atoms with van der Waals surface area (Å²) in [4.78, 5) is 18.5. The monoisotopic (exact) mass is 353 g/mol. The number of nitrogens with zero attached hydrogens (tertiary/aromatic N) is 3. The Labute approximate surface area is 140 Å². The summed E-state index contributed by atoms with van der Waals surface area (Å²) >= 11 is 7.43. The van der Waals surface area contributed by atoms with Gasteiger partial charge in [0.2, 0.25) is 5.89 Å². The SMILES string of the molecule is CCc1noc(CN(C)C(=O)c2sc3cc(F)ccc3c2Cl)n1.